The monoisotopic (exact) mass is 498 g/mol. The third kappa shape index (κ3) is 4.48. The van der Waals surface area contributed by atoms with Gasteiger partial charge in [-0.05, 0) is 55.3 Å². The van der Waals surface area contributed by atoms with Crippen molar-refractivity contribution >= 4 is 33.9 Å². The van der Waals surface area contributed by atoms with Crippen LogP contribution in [0.4, 0.5) is 5.13 Å². The van der Waals surface area contributed by atoms with Gasteiger partial charge in [0, 0.05) is 18.0 Å². The number of Topliss-reactive ketones (excluding diaryl/α,β-unsaturated/α-hetero) is 1. The summed E-state index contributed by atoms with van der Waals surface area (Å²) in [5.41, 5.74) is 3.13. The molecule has 0 aliphatic carbocycles. The van der Waals surface area contributed by atoms with E-state index in [1.54, 1.807) is 55.7 Å². The summed E-state index contributed by atoms with van der Waals surface area (Å²) in [6.45, 7) is 4.19. The molecule has 2 aromatic heterocycles. The van der Waals surface area contributed by atoms with Crippen molar-refractivity contribution < 1.29 is 19.4 Å². The van der Waals surface area contributed by atoms with E-state index in [2.05, 4.69) is 21.2 Å². The van der Waals surface area contributed by atoms with Gasteiger partial charge in [-0.1, -0.05) is 47.2 Å². The number of aliphatic hydroxyl groups excluding tert-OH is 1. The quantitative estimate of drug-likeness (QED) is 0.232. The van der Waals surface area contributed by atoms with Crippen LogP contribution in [0.2, 0.25) is 0 Å². The first-order valence-electron chi connectivity index (χ1n) is 11.2. The number of anilines is 1. The molecular weight excluding hydrogens is 476 g/mol. The largest absolute Gasteiger partial charge is 0.507 e. The number of aliphatic hydroxyl groups is 1. The fourth-order valence-electron chi connectivity index (χ4n) is 4.10. The van der Waals surface area contributed by atoms with Crippen molar-refractivity contribution in [3.05, 3.63) is 106 Å². The van der Waals surface area contributed by atoms with Crippen LogP contribution in [0.5, 0.6) is 5.75 Å². The number of hydrogen-bond donors (Lipinski definition) is 1. The van der Waals surface area contributed by atoms with Gasteiger partial charge in [0.15, 0.2) is 0 Å². The van der Waals surface area contributed by atoms with E-state index in [4.69, 9.17) is 4.74 Å². The Kier molecular flexibility index (Phi) is 6.30. The zero-order valence-corrected chi connectivity index (χ0v) is 20.4. The summed E-state index contributed by atoms with van der Waals surface area (Å²) in [5, 5.41) is 20.2. The molecule has 180 valence electrons. The third-order valence-electron chi connectivity index (χ3n) is 5.78. The molecule has 1 amide bonds. The molecular formula is C27H22N4O4S. The van der Waals surface area contributed by atoms with E-state index in [1.165, 1.54) is 16.2 Å². The lowest BCUT2D eigenvalue weighted by atomic mass is 9.96. The first-order chi connectivity index (χ1) is 17.4. The molecule has 3 heterocycles. The second kappa shape index (κ2) is 9.71. The molecule has 0 saturated carbocycles. The van der Waals surface area contributed by atoms with Crippen LogP contribution >= 0.6 is 11.3 Å². The molecule has 1 saturated heterocycles. The van der Waals surface area contributed by atoms with Crippen LogP contribution in [0, 0.1) is 13.8 Å². The van der Waals surface area contributed by atoms with Gasteiger partial charge in [-0.15, -0.1) is 10.2 Å². The summed E-state index contributed by atoms with van der Waals surface area (Å²) in [7, 11) is 0. The van der Waals surface area contributed by atoms with Crippen LogP contribution < -0.4 is 9.64 Å². The number of amides is 1. The number of carbonyl (C=O) groups is 2. The minimum Gasteiger partial charge on any atom is -0.507 e. The van der Waals surface area contributed by atoms with Crippen molar-refractivity contribution in [1.29, 1.82) is 0 Å². The highest BCUT2D eigenvalue weighted by molar-refractivity contribution is 7.15. The molecule has 0 bridgehead atoms. The summed E-state index contributed by atoms with van der Waals surface area (Å²) < 4.78 is 5.86. The van der Waals surface area contributed by atoms with Gasteiger partial charge in [0.05, 0.1) is 11.6 Å². The summed E-state index contributed by atoms with van der Waals surface area (Å²) in [6.07, 6.45) is 3.16. The molecule has 2 aromatic carbocycles. The molecule has 0 radical (unpaired) electrons. The van der Waals surface area contributed by atoms with Gasteiger partial charge in [-0.3, -0.25) is 19.5 Å². The van der Waals surface area contributed by atoms with E-state index in [9.17, 15) is 14.7 Å². The van der Waals surface area contributed by atoms with Crippen molar-refractivity contribution in [1.82, 2.24) is 15.2 Å². The van der Waals surface area contributed by atoms with Gasteiger partial charge in [0.1, 0.15) is 23.1 Å². The molecule has 1 fully saturated rings. The van der Waals surface area contributed by atoms with Crippen LogP contribution in [0.25, 0.3) is 5.76 Å². The minimum absolute atomic E-state index is 0.0331. The zero-order valence-electron chi connectivity index (χ0n) is 19.6. The molecule has 1 aliphatic rings. The Bertz CT molecular complexity index is 1460. The molecule has 0 spiro atoms. The maximum Gasteiger partial charge on any atom is 0.301 e. The highest BCUT2D eigenvalue weighted by Gasteiger charge is 2.48. The first kappa shape index (κ1) is 23.4. The van der Waals surface area contributed by atoms with Crippen LogP contribution in [0.3, 0.4) is 0 Å². The number of aryl methyl sites for hydroxylation is 2. The summed E-state index contributed by atoms with van der Waals surface area (Å²) in [5.74, 6) is -1.24. The highest BCUT2D eigenvalue weighted by Crippen LogP contribution is 2.42. The highest BCUT2D eigenvalue weighted by atomic mass is 32.1. The zero-order chi connectivity index (χ0) is 25.2. The first-order valence-corrected chi connectivity index (χ1v) is 12.0. The van der Waals surface area contributed by atoms with Gasteiger partial charge in [-0.25, -0.2) is 0 Å². The van der Waals surface area contributed by atoms with Crippen molar-refractivity contribution in [2.45, 2.75) is 26.5 Å². The maximum atomic E-state index is 13.2. The molecule has 1 N–H and O–H groups in total. The second-order valence-electron chi connectivity index (χ2n) is 8.36. The molecule has 36 heavy (non-hydrogen) atoms. The molecule has 5 rings (SSSR count). The van der Waals surface area contributed by atoms with Gasteiger partial charge >= 0.3 is 5.91 Å². The average Bonchev–Trinajstić information content (AvgIpc) is 3.43. The number of carbonyl (C=O) groups excluding carboxylic acids is 2. The number of hydrogen-bond acceptors (Lipinski definition) is 8. The van der Waals surface area contributed by atoms with Crippen molar-refractivity contribution in [3.8, 4) is 5.75 Å². The van der Waals surface area contributed by atoms with Crippen molar-refractivity contribution in [2.24, 2.45) is 0 Å². The van der Waals surface area contributed by atoms with E-state index in [1.807, 2.05) is 25.1 Å². The summed E-state index contributed by atoms with van der Waals surface area (Å²) in [6, 6.07) is 17.4. The summed E-state index contributed by atoms with van der Waals surface area (Å²) >= 11 is 1.19. The van der Waals surface area contributed by atoms with Gasteiger partial charge in [0.25, 0.3) is 5.78 Å². The van der Waals surface area contributed by atoms with Gasteiger partial charge < -0.3 is 9.84 Å². The molecule has 1 aliphatic heterocycles. The van der Waals surface area contributed by atoms with E-state index < -0.39 is 17.7 Å². The smallest absolute Gasteiger partial charge is 0.301 e. The molecule has 9 heteroatoms. The van der Waals surface area contributed by atoms with E-state index in [0.717, 1.165) is 11.1 Å². The fraction of sp³-hybridized carbons (Fsp3) is 0.148. The number of ether oxygens (including phenoxy) is 1. The standard InChI is InChI=1S/C27H22N4O4S/c1-16-5-3-6-18(13-16)15-35-21-10-8-19(9-11-21)24(32)22-23(20-7-4-12-28-14-20)31(26(34)25(22)33)27-30-29-17(2)36-27/h3-14,23,32H,15H2,1-2H3/t23-/m1/s1. The Morgan fingerprint density at radius 1 is 1.06 bits per heavy atom. The number of aromatic nitrogens is 3. The molecule has 0 unspecified atom stereocenters. The van der Waals surface area contributed by atoms with E-state index >= 15 is 0 Å². The number of pyridine rings is 1. The normalized spacial score (nSPS) is 16.9. The fourth-order valence-corrected chi connectivity index (χ4v) is 4.81. The van der Waals surface area contributed by atoms with Crippen LogP contribution in [-0.4, -0.2) is 32.0 Å². The molecule has 8 nitrogen and oxygen atoms in total. The average molecular weight is 499 g/mol. The van der Waals surface area contributed by atoms with Crippen LogP contribution in [0.1, 0.15) is 33.3 Å². The van der Waals surface area contributed by atoms with Crippen molar-refractivity contribution in [2.75, 3.05) is 4.90 Å². The van der Waals surface area contributed by atoms with E-state index in [0.29, 0.717) is 28.5 Å². The lowest BCUT2D eigenvalue weighted by molar-refractivity contribution is -0.132. The number of rotatable bonds is 6. The summed E-state index contributed by atoms with van der Waals surface area (Å²) in [4.78, 5) is 31.6. The Labute approximate surface area is 211 Å². The number of ketones is 1. The Morgan fingerprint density at radius 2 is 1.86 bits per heavy atom. The second-order valence-corrected chi connectivity index (χ2v) is 9.52. The van der Waals surface area contributed by atoms with Crippen molar-refractivity contribution in [3.63, 3.8) is 0 Å². The predicted octanol–water partition coefficient (Wildman–Crippen LogP) is 4.76. The molecule has 1 atom stereocenters. The SMILES string of the molecule is Cc1cccc(COc2ccc(C(O)=C3C(=O)C(=O)N(c4nnc(C)s4)[C@@H]3c3cccnc3)cc2)c1. The third-order valence-corrected chi connectivity index (χ3v) is 6.62. The lowest BCUT2D eigenvalue weighted by Gasteiger charge is -2.22. The van der Waals surface area contributed by atoms with E-state index in [-0.39, 0.29) is 16.5 Å². The predicted molar refractivity (Wildman–Crippen MR) is 136 cm³/mol. The topological polar surface area (TPSA) is 106 Å². The number of nitrogens with zero attached hydrogens (tertiary/aromatic N) is 4. The van der Waals surface area contributed by atoms with Gasteiger partial charge in [-0.2, -0.15) is 0 Å². The molecule has 4 aromatic rings. The minimum atomic E-state index is -0.886. The Morgan fingerprint density at radius 3 is 2.53 bits per heavy atom. The van der Waals surface area contributed by atoms with Gasteiger partial charge in [0.2, 0.25) is 5.13 Å². The Balaban J connectivity index is 1.48. The number of benzene rings is 2. The Hall–Kier alpha value is -4.37. The van der Waals surface area contributed by atoms with Crippen LogP contribution in [0.15, 0.2) is 78.6 Å². The maximum absolute atomic E-state index is 13.2. The van der Waals surface area contributed by atoms with Crippen LogP contribution in [-0.2, 0) is 16.2 Å². The lowest BCUT2D eigenvalue weighted by Crippen LogP contribution is -2.29.